The highest BCUT2D eigenvalue weighted by molar-refractivity contribution is 5.83. The quantitative estimate of drug-likeness (QED) is 0.796. The maximum Gasteiger partial charge on any atom is 0.326 e. The molecule has 2 aliphatic rings. The average Bonchev–Trinajstić information content (AvgIpc) is 2.80. The van der Waals surface area contributed by atoms with Crippen molar-refractivity contribution in [1.82, 2.24) is 9.80 Å². The van der Waals surface area contributed by atoms with Crippen molar-refractivity contribution in [2.24, 2.45) is 5.92 Å². The minimum absolute atomic E-state index is 0.112. The van der Waals surface area contributed by atoms with Gasteiger partial charge in [-0.15, -0.1) is 0 Å². The first kappa shape index (κ1) is 15.1. The number of carboxylic acids is 1. The van der Waals surface area contributed by atoms with Crippen LogP contribution >= 0.6 is 0 Å². The summed E-state index contributed by atoms with van der Waals surface area (Å²) in [7, 11) is 1.75. The zero-order valence-corrected chi connectivity index (χ0v) is 12.2. The van der Waals surface area contributed by atoms with E-state index >= 15 is 0 Å². The van der Waals surface area contributed by atoms with E-state index in [1.54, 1.807) is 11.9 Å². The third-order valence-electron chi connectivity index (χ3n) is 4.68. The fraction of sp³-hybridized carbons (Fsp3) is 0.857. The summed E-state index contributed by atoms with van der Waals surface area (Å²) in [6, 6.07) is -1.00. The van der Waals surface area contributed by atoms with Crippen molar-refractivity contribution in [2.75, 3.05) is 13.6 Å². The van der Waals surface area contributed by atoms with Crippen LogP contribution in [0.4, 0.5) is 4.79 Å². The van der Waals surface area contributed by atoms with Crippen LogP contribution in [-0.2, 0) is 4.79 Å². The van der Waals surface area contributed by atoms with E-state index in [0.717, 1.165) is 19.3 Å². The molecule has 2 amide bonds. The third kappa shape index (κ3) is 2.90. The summed E-state index contributed by atoms with van der Waals surface area (Å²) < 4.78 is 0. The molecule has 0 aromatic carbocycles. The van der Waals surface area contributed by atoms with Gasteiger partial charge in [0, 0.05) is 26.1 Å². The number of urea groups is 1. The number of aliphatic carboxylic acids is 1. The van der Waals surface area contributed by atoms with Gasteiger partial charge in [-0.2, -0.15) is 0 Å². The number of carboxylic acid groups (broad SMARTS) is 1. The molecule has 1 heterocycles. The molecule has 4 atom stereocenters. The van der Waals surface area contributed by atoms with Gasteiger partial charge in [0.15, 0.2) is 0 Å². The molecule has 6 nitrogen and oxygen atoms in total. The van der Waals surface area contributed by atoms with Gasteiger partial charge in [-0.3, -0.25) is 0 Å². The summed E-state index contributed by atoms with van der Waals surface area (Å²) >= 11 is 0. The van der Waals surface area contributed by atoms with Crippen LogP contribution in [0.1, 0.15) is 39.0 Å². The molecule has 1 aliphatic carbocycles. The standard InChI is InChI=1S/C14H24N2O4/c1-9-5-3-4-6-11(9)15(2)14(20)16-8-10(17)7-12(16)13(18)19/h9-12,17H,3-8H2,1-2H3,(H,18,19)/t9?,10-,11?,12-/m0/s1. The topological polar surface area (TPSA) is 81.1 Å². The number of nitrogens with zero attached hydrogens (tertiary/aromatic N) is 2. The summed E-state index contributed by atoms with van der Waals surface area (Å²) in [5, 5.41) is 18.8. The Kier molecular flexibility index (Phi) is 4.52. The lowest BCUT2D eigenvalue weighted by Gasteiger charge is -2.38. The molecule has 0 radical (unpaired) electrons. The fourth-order valence-electron chi connectivity index (χ4n) is 3.48. The summed E-state index contributed by atoms with van der Waals surface area (Å²) in [5.74, 6) is -0.603. The molecule has 0 bridgehead atoms. The summed E-state index contributed by atoms with van der Waals surface area (Å²) in [5.41, 5.74) is 0. The van der Waals surface area contributed by atoms with Crippen LogP contribution in [0.2, 0.25) is 0 Å². The van der Waals surface area contributed by atoms with Crippen LogP contribution in [0.5, 0.6) is 0 Å². The predicted octanol–water partition coefficient (Wildman–Crippen LogP) is 1.14. The first-order valence-electron chi connectivity index (χ1n) is 7.36. The van der Waals surface area contributed by atoms with E-state index < -0.39 is 18.1 Å². The first-order valence-corrected chi connectivity index (χ1v) is 7.36. The van der Waals surface area contributed by atoms with Gasteiger partial charge in [0.25, 0.3) is 0 Å². The molecule has 0 spiro atoms. The van der Waals surface area contributed by atoms with Crippen molar-refractivity contribution in [3.63, 3.8) is 0 Å². The molecule has 2 rings (SSSR count). The minimum atomic E-state index is -1.04. The Labute approximate surface area is 119 Å². The number of carbonyl (C=O) groups excluding carboxylic acids is 1. The average molecular weight is 284 g/mol. The normalized spacial score (nSPS) is 34.0. The smallest absolute Gasteiger partial charge is 0.326 e. The Morgan fingerprint density at radius 2 is 1.90 bits per heavy atom. The van der Waals surface area contributed by atoms with E-state index in [4.69, 9.17) is 0 Å². The molecule has 20 heavy (non-hydrogen) atoms. The highest BCUT2D eigenvalue weighted by atomic mass is 16.4. The number of hydrogen-bond donors (Lipinski definition) is 2. The van der Waals surface area contributed by atoms with Crippen LogP contribution in [0.15, 0.2) is 0 Å². The maximum atomic E-state index is 12.5. The molecule has 1 saturated carbocycles. The van der Waals surface area contributed by atoms with Gasteiger partial charge in [0.05, 0.1) is 6.10 Å². The van der Waals surface area contributed by atoms with Crippen LogP contribution in [0.25, 0.3) is 0 Å². The molecule has 6 heteroatoms. The van der Waals surface area contributed by atoms with Crippen LogP contribution in [0, 0.1) is 5.92 Å². The fourth-order valence-corrected chi connectivity index (χ4v) is 3.48. The largest absolute Gasteiger partial charge is 0.480 e. The van der Waals surface area contributed by atoms with Gasteiger partial charge in [0.2, 0.25) is 0 Å². The highest BCUT2D eigenvalue weighted by Gasteiger charge is 2.41. The lowest BCUT2D eigenvalue weighted by Crippen LogP contribution is -2.52. The Balaban J connectivity index is 2.07. The zero-order valence-electron chi connectivity index (χ0n) is 12.2. The number of aliphatic hydroxyl groups excluding tert-OH is 1. The Morgan fingerprint density at radius 3 is 2.50 bits per heavy atom. The van der Waals surface area contributed by atoms with Gasteiger partial charge in [-0.25, -0.2) is 9.59 Å². The molecule has 1 aliphatic heterocycles. The van der Waals surface area contributed by atoms with E-state index in [-0.39, 0.29) is 25.0 Å². The van der Waals surface area contributed by atoms with Crippen molar-refractivity contribution < 1.29 is 19.8 Å². The van der Waals surface area contributed by atoms with Crippen molar-refractivity contribution in [2.45, 2.75) is 57.2 Å². The van der Waals surface area contributed by atoms with Crippen molar-refractivity contribution >= 4 is 12.0 Å². The van der Waals surface area contributed by atoms with Gasteiger partial charge in [-0.1, -0.05) is 19.8 Å². The number of hydrogen-bond acceptors (Lipinski definition) is 3. The maximum absolute atomic E-state index is 12.5. The van der Waals surface area contributed by atoms with E-state index in [1.807, 2.05) is 0 Å². The third-order valence-corrected chi connectivity index (χ3v) is 4.68. The summed E-state index contributed by atoms with van der Waals surface area (Å²) in [6.07, 6.45) is 3.76. The summed E-state index contributed by atoms with van der Waals surface area (Å²) in [6.45, 7) is 2.25. The molecule has 1 saturated heterocycles. The van der Waals surface area contributed by atoms with Crippen molar-refractivity contribution in [3.05, 3.63) is 0 Å². The van der Waals surface area contributed by atoms with Gasteiger partial charge in [0.1, 0.15) is 6.04 Å². The molecule has 2 unspecified atom stereocenters. The van der Waals surface area contributed by atoms with E-state index in [1.165, 1.54) is 11.3 Å². The number of amides is 2. The number of likely N-dealkylation sites (tertiary alicyclic amines) is 1. The molecule has 0 aromatic rings. The Bertz CT molecular complexity index is 387. The summed E-state index contributed by atoms with van der Waals surface area (Å²) in [4.78, 5) is 26.7. The van der Waals surface area contributed by atoms with Crippen LogP contribution in [0.3, 0.4) is 0 Å². The number of rotatable bonds is 2. The molecular weight excluding hydrogens is 260 g/mol. The lowest BCUT2D eigenvalue weighted by atomic mass is 9.85. The zero-order chi connectivity index (χ0) is 14.9. The molecule has 114 valence electrons. The lowest BCUT2D eigenvalue weighted by molar-refractivity contribution is -0.141. The number of carbonyl (C=O) groups is 2. The first-order chi connectivity index (χ1) is 9.41. The molecule has 0 aromatic heterocycles. The molecule has 2 fully saturated rings. The molecular formula is C14H24N2O4. The number of β-amino-alcohol motifs (C(OH)–C–C–N with tert-alkyl or cyclic N) is 1. The minimum Gasteiger partial charge on any atom is -0.480 e. The molecule has 2 N–H and O–H groups in total. The van der Waals surface area contributed by atoms with Gasteiger partial charge in [-0.05, 0) is 18.8 Å². The second kappa shape index (κ2) is 5.99. The van der Waals surface area contributed by atoms with E-state index in [9.17, 15) is 19.8 Å². The predicted molar refractivity (Wildman–Crippen MR) is 73.3 cm³/mol. The van der Waals surface area contributed by atoms with E-state index in [2.05, 4.69) is 6.92 Å². The van der Waals surface area contributed by atoms with Crippen molar-refractivity contribution in [1.29, 1.82) is 0 Å². The van der Waals surface area contributed by atoms with Crippen LogP contribution in [-0.4, -0.2) is 63.8 Å². The number of aliphatic hydroxyl groups is 1. The van der Waals surface area contributed by atoms with Gasteiger partial charge >= 0.3 is 12.0 Å². The van der Waals surface area contributed by atoms with Crippen molar-refractivity contribution in [3.8, 4) is 0 Å². The van der Waals surface area contributed by atoms with E-state index in [0.29, 0.717) is 5.92 Å². The second-order valence-corrected chi connectivity index (χ2v) is 6.12. The van der Waals surface area contributed by atoms with Gasteiger partial charge < -0.3 is 20.0 Å². The second-order valence-electron chi connectivity index (χ2n) is 6.12. The Hall–Kier alpha value is -1.30. The Morgan fingerprint density at radius 1 is 1.25 bits per heavy atom. The van der Waals surface area contributed by atoms with Crippen LogP contribution < -0.4 is 0 Å². The monoisotopic (exact) mass is 284 g/mol. The highest BCUT2D eigenvalue weighted by Crippen LogP contribution is 2.29. The SMILES string of the molecule is CC1CCCCC1N(C)C(=O)N1C[C@@H](O)C[C@H]1C(=O)O.